The molecule has 0 N–H and O–H groups in total. The monoisotopic (exact) mass is 540 g/mol. The maximum atomic E-state index is 12.5. The molecule has 0 spiro atoms. The number of hydrogen-bond donors (Lipinski definition) is 0. The SMILES string of the molecule is COC(=O)c1cc(CO[Si](c2ccccc2)(c2ccccc2)C(C)(C)C)cc(Br)c1OCC=O. The fraction of sp³-hybridized carbons (Fsp3) is 0.259. The van der Waals surface area contributed by atoms with Crippen molar-refractivity contribution in [1.82, 2.24) is 0 Å². The molecule has 0 atom stereocenters. The Morgan fingerprint density at radius 2 is 1.53 bits per heavy atom. The highest BCUT2D eigenvalue weighted by molar-refractivity contribution is 9.10. The van der Waals surface area contributed by atoms with Crippen LogP contribution >= 0.6 is 15.9 Å². The third kappa shape index (κ3) is 5.32. The zero-order chi connectivity index (χ0) is 24.8. The molecule has 0 bridgehead atoms. The van der Waals surface area contributed by atoms with Gasteiger partial charge in [0.05, 0.1) is 18.2 Å². The zero-order valence-corrected chi connectivity index (χ0v) is 22.4. The molecule has 0 amide bonds. The third-order valence-electron chi connectivity index (χ3n) is 5.68. The first-order valence-electron chi connectivity index (χ1n) is 11.0. The summed E-state index contributed by atoms with van der Waals surface area (Å²) >= 11 is 3.48. The third-order valence-corrected chi connectivity index (χ3v) is 11.2. The van der Waals surface area contributed by atoms with Gasteiger partial charge in [-0.3, -0.25) is 4.79 Å². The standard InChI is InChI=1S/C27H29BrO5Si/c1-27(2,3)34(21-11-7-5-8-12-21,22-13-9-6-10-14-22)33-19-20-17-23(26(30)31-4)25(24(28)18-20)32-16-15-29/h5-15,17-18H,16,19H2,1-4H3. The molecule has 0 fully saturated rings. The molecule has 0 heterocycles. The lowest BCUT2D eigenvalue weighted by Crippen LogP contribution is -2.66. The van der Waals surface area contributed by atoms with Crippen molar-refractivity contribution in [2.45, 2.75) is 32.4 Å². The molecular weight excluding hydrogens is 512 g/mol. The number of hydrogen-bond acceptors (Lipinski definition) is 5. The van der Waals surface area contributed by atoms with Gasteiger partial charge < -0.3 is 13.9 Å². The highest BCUT2D eigenvalue weighted by Crippen LogP contribution is 2.38. The predicted octanol–water partition coefficient (Wildman–Crippen LogP) is 4.89. The number of benzene rings is 3. The van der Waals surface area contributed by atoms with Gasteiger partial charge in [-0.2, -0.15) is 0 Å². The van der Waals surface area contributed by atoms with Gasteiger partial charge in [0.2, 0.25) is 0 Å². The maximum Gasteiger partial charge on any atom is 0.341 e. The van der Waals surface area contributed by atoms with Crippen LogP contribution in [0.15, 0.2) is 77.3 Å². The number of aldehydes is 1. The molecule has 0 aliphatic heterocycles. The Morgan fingerprint density at radius 3 is 2.00 bits per heavy atom. The lowest BCUT2D eigenvalue weighted by molar-refractivity contribution is -0.109. The van der Waals surface area contributed by atoms with Gasteiger partial charge in [0.1, 0.15) is 17.9 Å². The first kappa shape index (κ1) is 25.9. The van der Waals surface area contributed by atoms with Gasteiger partial charge in [-0.05, 0) is 49.0 Å². The van der Waals surface area contributed by atoms with Crippen molar-refractivity contribution in [3.8, 4) is 5.75 Å². The first-order valence-corrected chi connectivity index (χ1v) is 13.7. The highest BCUT2D eigenvalue weighted by Gasteiger charge is 2.50. The molecule has 0 saturated heterocycles. The number of carbonyl (C=O) groups is 2. The fourth-order valence-corrected chi connectivity index (χ4v) is 9.37. The molecule has 5 nitrogen and oxygen atoms in total. The highest BCUT2D eigenvalue weighted by atomic mass is 79.9. The molecule has 3 rings (SSSR count). The van der Waals surface area contributed by atoms with Gasteiger partial charge in [-0.1, -0.05) is 81.4 Å². The molecule has 7 heteroatoms. The maximum absolute atomic E-state index is 12.5. The van der Waals surface area contributed by atoms with Crippen LogP contribution in [0.5, 0.6) is 5.75 Å². The van der Waals surface area contributed by atoms with Crippen LogP contribution in [0.3, 0.4) is 0 Å². The Labute approximate surface area is 210 Å². The normalized spacial score (nSPS) is 11.7. The van der Waals surface area contributed by atoms with Crippen LogP contribution in [-0.2, 0) is 20.6 Å². The zero-order valence-electron chi connectivity index (χ0n) is 19.8. The summed E-state index contributed by atoms with van der Waals surface area (Å²) < 4.78 is 18.0. The minimum Gasteiger partial charge on any atom is -0.484 e. The Bertz CT molecular complexity index is 1090. The van der Waals surface area contributed by atoms with E-state index in [9.17, 15) is 9.59 Å². The summed E-state index contributed by atoms with van der Waals surface area (Å²) in [7, 11) is -1.44. The van der Waals surface area contributed by atoms with Gasteiger partial charge >= 0.3 is 5.97 Å². The van der Waals surface area contributed by atoms with Gasteiger partial charge in [0.15, 0.2) is 6.29 Å². The second-order valence-corrected chi connectivity index (χ2v) is 14.0. The lowest BCUT2D eigenvalue weighted by atomic mass is 10.1. The topological polar surface area (TPSA) is 61.8 Å². The quantitative estimate of drug-likeness (QED) is 0.219. The van der Waals surface area contributed by atoms with Gasteiger partial charge in [0, 0.05) is 0 Å². The number of halogens is 1. The molecule has 0 aliphatic carbocycles. The Kier molecular flexibility index (Phi) is 8.46. The van der Waals surface area contributed by atoms with E-state index in [1.54, 1.807) is 6.07 Å². The minimum atomic E-state index is -2.75. The van der Waals surface area contributed by atoms with Crippen molar-refractivity contribution in [3.63, 3.8) is 0 Å². The van der Waals surface area contributed by atoms with Crippen LogP contribution in [0, 0.1) is 0 Å². The molecule has 3 aromatic carbocycles. The van der Waals surface area contributed by atoms with Gasteiger partial charge in [-0.15, -0.1) is 0 Å². The van der Waals surface area contributed by atoms with E-state index in [0.717, 1.165) is 5.56 Å². The molecule has 3 aromatic rings. The van der Waals surface area contributed by atoms with Crippen molar-refractivity contribution in [2.75, 3.05) is 13.7 Å². The van der Waals surface area contributed by atoms with Crippen molar-refractivity contribution < 1.29 is 23.5 Å². The van der Waals surface area contributed by atoms with Crippen LogP contribution in [-0.4, -0.2) is 34.3 Å². The second-order valence-electron chi connectivity index (χ2n) is 8.88. The van der Waals surface area contributed by atoms with Crippen molar-refractivity contribution >= 4 is 46.9 Å². The number of carbonyl (C=O) groups excluding carboxylic acids is 2. The molecule has 0 saturated carbocycles. The van der Waals surface area contributed by atoms with E-state index in [0.29, 0.717) is 10.8 Å². The number of rotatable bonds is 9. The summed E-state index contributed by atoms with van der Waals surface area (Å²) in [6.45, 7) is 6.76. The summed E-state index contributed by atoms with van der Waals surface area (Å²) in [6.07, 6.45) is 0.632. The van der Waals surface area contributed by atoms with Gasteiger partial charge in [-0.25, -0.2) is 4.79 Å². The summed E-state index contributed by atoms with van der Waals surface area (Å²) in [6, 6.07) is 24.3. The number of esters is 1. The molecule has 178 valence electrons. The summed E-state index contributed by atoms with van der Waals surface area (Å²) in [5, 5.41) is 2.17. The Hall–Kier alpha value is -2.74. The average molecular weight is 542 g/mol. The smallest absolute Gasteiger partial charge is 0.341 e. The molecule has 0 aromatic heterocycles. The molecule has 34 heavy (non-hydrogen) atoms. The largest absolute Gasteiger partial charge is 0.484 e. The molecular formula is C27H29BrO5Si. The minimum absolute atomic E-state index is 0.166. The van der Waals surface area contributed by atoms with E-state index in [-0.39, 0.29) is 29.6 Å². The Balaban J connectivity index is 2.10. The van der Waals surface area contributed by atoms with Crippen LogP contribution < -0.4 is 15.1 Å². The van der Waals surface area contributed by atoms with E-state index in [1.807, 2.05) is 42.5 Å². The van der Waals surface area contributed by atoms with E-state index in [1.165, 1.54) is 17.5 Å². The van der Waals surface area contributed by atoms with Crippen molar-refractivity contribution in [1.29, 1.82) is 0 Å². The summed E-state index contributed by atoms with van der Waals surface area (Å²) in [5.41, 5.74) is 1.03. The van der Waals surface area contributed by atoms with Crippen LogP contribution in [0.25, 0.3) is 0 Å². The Morgan fingerprint density at radius 1 is 0.971 bits per heavy atom. The molecule has 0 unspecified atom stereocenters. The second kappa shape index (κ2) is 11.1. The van der Waals surface area contributed by atoms with Crippen molar-refractivity contribution in [3.05, 3.63) is 88.4 Å². The van der Waals surface area contributed by atoms with Crippen LogP contribution in [0.4, 0.5) is 0 Å². The first-order chi connectivity index (χ1) is 16.2. The van der Waals surface area contributed by atoms with Gasteiger partial charge in [0.25, 0.3) is 8.32 Å². The fourth-order valence-electron chi connectivity index (χ4n) is 4.21. The number of methoxy groups -OCH3 is 1. The summed E-state index contributed by atoms with van der Waals surface area (Å²) in [4.78, 5) is 23.3. The average Bonchev–Trinajstić information content (AvgIpc) is 2.83. The predicted molar refractivity (Wildman–Crippen MR) is 139 cm³/mol. The van der Waals surface area contributed by atoms with E-state index in [2.05, 4.69) is 61.0 Å². The molecule has 0 aliphatic rings. The summed E-state index contributed by atoms with van der Waals surface area (Å²) in [5.74, 6) is -0.276. The van der Waals surface area contributed by atoms with E-state index < -0.39 is 14.3 Å². The van der Waals surface area contributed by atoms with Crippen molar-refractivity contribution in [2.24, 2.45) is 0 Å². The van der Waals surface area contributed by atoms with E-state index >= 15 is 0 Å². The van der Waals surface area contributed by atoms with E-state index in [4.69, 9.17) is 13.9 Å². The number of ether oxygens (including phenoxy) is 2. The van der Waals surface area contributed by atoms with Crippen LogP contribution in [0.1, 0.15) is 36.7 Å². The lowest BCUT2D eigenvalue weighted by Gasteiger charge is -2.43. The molecule has 0 radical (unpaired) electrons. The van der Waals surface area contributed by atoms with Crippen LogP contribution in [0.2, 0.25) is 5.04 Å².